The maximum absolute atomic E-state index is 10.4. The molecular weight excluding hydrogens is 244 g/mol. The summed E-state index contributed by atoms with van der Waals surface area (Å²) in [6, 6.07) is 5.56. The van der Waals surface area contributed by atoms with Crippen LogP contribution in [0.5, 0.6) is 5.75 Å². The second-order valence-electron chi connectivity index (χ2n) is 4.60. The molecule has 2 N–H and O–H groups in total. The Hall–Kier alpha value is -2.04. The molecule has 1 atom stereocenters. The number of imide groups is 1. The van der Waals surface area contributed by atoms with Crippen molar-refractivity contribution in [2.45, 2.75) is 32.7 Å². The van der Waals surface area contributed by atoms with Crippen molar-refractivity contribution in [1.29, 1.82) is 0 Å². The summed E-state index contributed by atoms with van der Waals surface area (Å²) in [5.41, 5.74) is 0. The highest BCUT2D eigenvalue weighted by Gasteiger charge is 2.24. The van der Waals surface area contributed by atoms with Crippen molar-refractivity contribution in [1.82, 2.24) is 10.6 Å². The summed E-state index contributed by atoms with van der Waals surface area (Å²) in [5.74, 6) is 0.839. The first kappa shape index (κ1) is 13.4. The lowest BCUT2D eigenvalue weighted by Crippen LogP contribution is -2.24. The van der Waals surface area contributed by atoms with E-state index in [0.29, 0.717) is 0 Å². The molecule has 102 valence electrons. The van der Waals surface area contributed by atoms with E-state index in [1.807, 2.05) is 0 Å². The molecule has 0 radical (unpaired) electrons. The molecule has 3 aliphatic rings. The number of benzene rings is 1. The van der Waals surface area contributed by atoms with Crippen LogP contribution in [0.1, 0.15) is 26.7 Å². The molecular formula is C14H18N2O3. The van der Waals surface area contributed by atoms with Gasteiger partial charge in [-0.1, -0.05) is 25.5 Å². The molecule has 19 heavy (non-hydrogen) atoms. The summed E-state index contributed by atoms with van der Waals surface area (Å²) in [6.07, 6.45) is 2.36. The third-order valence-electron chi connectivity index (χ3n) is 3.03. The Labute approximate surface area is 111 Å². The number of carbonyl (C=O) groups is 2. The van der Waals surface area contributed by atoms with E-state index >= 15 is 0 Å². The monoisotopic (exact) mass is 262 g/mol. The topological polar surface area (TPSA) is 67.4 Å². The third kappa shape index (κ3) is 3.05. The molecule has 0 spiro atoms. The average Bonchev–Trinajstić information content (AvgIpc) is 2.63. The molecule has 5 heteroatoms. The molecule has 0 aromatic heterocycles. The Morgan fingerprint density at radius 1 is 1.32 bits per heavy atom. The zero-order valence-electron chi connectivity index (χ0n) is 11.2. The Bertz CT molecular complexity index is 583. The summed E-state index contributed by atoms with van der Waals surface area (Å²) in [4.78, 5) is 20.6. The molecule has 3 rings (SSSR count). The van der Waals surface area contributed by atoms with Crippen molar-refractivity contribution in [3.8, 4) is 5.75 Å². The van der Waals surface area contributed by atoms with E-state index in [1.165, 1.54) is 16.9 Å². The molecule has 1 heterocycles. The molecule has 0 bridgehead atoms. The summed E-state index contributed by atoms with van der Waals surface area (Å²) in [7, 11) is 0. The van der Waals surface area contributed by atoms with Gasteiger partial charge < -0.3 is 10.1 Å². The Balaban J connectivity index is 0.000000148. The van der Waals surface area contributed by atoms with E-state index in [0.717, 1.165) is 18.8 Å². The summed E-state index contributed by atoms with van der Waals surface area (Å²) >= 11 is 0. The van der Waals surface area contributed by atoms with Gasteiger partial charge in [0.2, 0.25) is 5.91 Å². The van der Waals surface area contributed by atoms with Crippen LogP contribution < -0.4 is 15.4 Å². The van der Waals surface area contributed by atoms with Crippen molar-refractivity contribution in [3.05, 3.63) is 28.6 Å². The molecule has 0 aromatic carbocycles. The summed E-state index contributed by atoms with van der Waals surface area (Å²) in [5, 5.41) is 7.12. The Morgan fingerprint density at radius 3 is 2.42 bits per heavy atom. The average molecular weight is 262 g/mol. The molecule has 5 nitrogen and oxygen atoms in total. The largest absolute Gasteiger partial charge is 0.493 e. The normalized spacial score (nSPS) is 18.1. The third-order valence-corrected chi connectivity index (χ3v) is 3.03. The van der Waals surface area contributed by atoms with Gasteiger partial charge in [-0.15, -0.1) is 0 Å². The van der Waals surface area contributed by atoms with Crippen molar-refractivity contribution >= 4 is 11.9 Å². The van der Waals surface area contributed by atoms with Crippen LogP contribution in [0.3, 0.4) is 0 Å². The minimum atomic E-state index is -0.400. The lowest BCUT2D eigenvalue weighted by molar-refractivity contribution is -0.119. The molecule has 2 aliphatic carbocycles. The number of nitrogens with one attached hydrogen (secondary N) is 2. The van der Waals surface area contributed by atoms with Gasteiger partial charge in [0.25, 0.3) is 0 Å². The van der Waals surface area contributed by atoms with Gasteiger partial charge >= 0.3 is 6.03 Å². The maximum Gasteiger partial charge on any atom is 0.322 e. The van der Waals surface area contributed by atoms with Gasteiger partial charge in [-0.3, -0.25) is 10.1 Å². The van der Waals surface area contributed by atoms with Gasteiger partial charge in [0, 0.05) is 5.22 Å². The van der Waals surface area contributed by atoms with E-state index in [9.17, 15) is 9.59 Å². The van der Waals surface area contributed by atoms with Crippen molar-refractivity contribution in [3.63, 3.8) is 0 Å². The highest BCUT2D eigenvalue weighted by molar-refractivity contribution is 6.03. The highest BCUT2D eigenvalue weighted by atomic mass is 16.5. The number of rotatable bonds is 4. The summed E-state index contributed by atoms with van der Waals surface area (Å²) in [6.45, 7) is 4.67. The van der Waals surface area contributed by atoms with Gasteiger partial charge in [0.15, 0.2) is 0 Å². The standard InChI is InChI=1S/C10H12O.C4H6N2O2/c1-2-3-6-11-10-7-8-4-5-9(8)10;1-2-3(7)6-4(8)5-2/h4-5,7H,2-3,6H2,1H3;2H,1H3,(H2,5,6,7,8). The predicted molar refractivity (Wildman–Crippen MR) is 70.7 cm³/mol. The fourth-order valence-corrected chi connectivity index (χ4v) is 1.72. The second-order valence-corrected chi connectivity index (χ2v) is 4.60. The molecule has 1 aliphatic heterocycles. The van der Waals surface area contributed by atoms with E-state index in [2.05, 4.69) is 35.8 Å². The van der Waals surface area contributed by atoms with Crippen LogP contribution in [-0.4, -0.2) is 24.6 Å². The zero-order valence-corrected chi connectivity index (χ0v) is 11.2. The molecule has 0 saturated carbocycles. The molecule has 1 unspecified atom stereocenters. The maximum atomic E-state index is 10.4. The zero-order chi connectivity index (χ0) is 13.8. The van der Waals surface area contributed by atoms with E-state index in [1.54, 1.807) is 6.92 Å². The van der Waals surface area contributed by atoms with Gasteiger partial charge in [0.1, 0.15) is 11.8 Å². The fourth-order valence-electron chi connectivity index (χ4n) is 1.72. The lowest BCUT2D eigenvalue weighted by atomic mass is 10.1. The van der Waals surface area contributed by atoms with Crippen LogP contribution in [0.4, 0.5) is 4.79 Å². The molecule has 0 aromatic rings. The van der Waals surface area contributed by atoms with Crippen LogP contribution in [0.25, 0.3) is 0 Å². The van der Waals surface area contributed by atoms with Crippen LogP contribution in [-0.2, 0) is 4.79 Å². The van der Waals surface area contributed by atoms with Crippen LogP contribution >= 0.6 is 0 Å². The first-order valence-electron chi connectivity index (χ1n) is 6.50. The molecule has 1 fully saturated rings. The van der Waals surface area contributed by atoms with E-state index < -0.39 is 6.03 Å². The highest BCUT2D eigenvalue weighted by Crippen LogP contribution is 2.23. The number of ether oxygens (including phenoxy) is 1. The smallest absolute Gasteiger partial charge is 0.322 e. The Morgan fingerprint density at radius 2 is 2.11 bits per heavy atom. The SMILES string of the molecule is CC1NC(=O)NC1=O.CCCCOc1cc2ccc1=2. The minimum absolute atomic E-state index is 0.255. The number of hydrogen-bond acceptors (Lipinski definition) is 3. The quantitative estimate of drug-likeness (QED) is 0.650. The van der Waals surface area contributed by atoms with Gasteiger partial charge in [-0.05, 0) is 24.6 Å². The fraction of sp³-hybridized carbons (Fsp3) is 0.429. The van der Waals surface area contributed by atoms with Crippen LogP contribution in [0.2, 0.25) is 0 Å². The number of hydrogen-bond donors (Lipinski definition) is 2. The van der Waals surface area contributed by atoms with Crippen molar-refractivity contribution in [2.75, 3.05) is 6.61 Å². The van der Waals surface area contributed by atoms with Crippen molar-refractivity contribution in [2.24, 2.45) is 0 Å². The van der Waals surface area contributed by atoms with Crippen molar-refractivity contribution < 1.29 is 14.3 Å². The Kier molecular flexibility index (Phi) is 4.04. The van der Waals surface area contributed by atoms with E-state index in [4.69, 9.17) is 4.74 Å². The molecule has 1 saturated heterocycles. The van der Waals surface area contributed by atoms with E-state index in [-0.39, 0.29) is 11.9 Å². The predicted octanol–water partition coefficient (Wildman–Crippen LogP) is 1.68. The van der Waals surface area contributed by atoms with Gasteiger partial charge in [-0.2, -0.15) is 0 Å². The summed E-state index contributed by atoms with van der Waals surface area (Å²) < 4.78 is 5.50. The van der Waals surface area contributed by atoms with Gasteiger partial charge in [-0.25, -0.2) is 4.79 Å². The minimum Gasteiger partial charge on any atom is -0.493 e. The van der Waals surface area contributed by atoms with Crippen LogP contribution in [0, 0.1) is 10.4 Å². The number of carbonyl (C=O) groups excluding carboxylic acids is 2. The first-order valence-corrected chi connectivity index (χ1v) is 6.50. The second kappa shape index (κ2) is 5.73. The molecule has 3 amide bonds. The van der Waals surface area contributed by atoms with Gasteiger partial charge in [0.05, 0.1) is 6.61 Å². The number of amides is 3. The first-order chi connectivity index (χ1) is 9.11. The lowest BCUT2D eigenvalue weighted by Gasteiger charge is -2.12. The van der Waals surface area contributed by atoms with Crippen LogP contribution in [0.15, 0.2) is 18.2 Å². The number of unbranched alkanes of at least 4 members (excludes halogenated alkanes) is 1. The number of urea groups is 1.